The summed E-state index contributed by atoms with van der Waals surface area (Å²) in [6, 6.07) is 10.9. The van der Waals surface area contributed by atoms with Crippen LogP contribution in [0.15, 0.2) is 59.8 Å². The molecule has 0 saturated heterocycles. The lowest BCUT2D eigenvalue weighted by Crippen LogP contribution is -2.27. The number of nitrogens with two attached hydrogens (primary N) is 1. The third kappa shape index (κ3) is 4.79. The fraction of sp³-hybridized carbons (Fsp3) is 0.174. The molecule has 3 N–H and O–H groups in total. The van der Waals surface area contributed by atoms with Crippen molar-refractivity contribution in [1.29, 1.82) is 0 Å². The van der Waals surface area contributed by atoms with E-state index in [4.69, 9.17) is 16.7 Å². The minimum Gasteiger partial charge on any atom is -0.352 e. The fourth-order valence-corrected chi connectivity index (χ4v) is 4.56. The zero-order chi connectivity index (χ0) is 26.3. The van der Waals surface area contributed by atoms with Gasteiger partial charge in [0.05, 0.1) is 11.3 Å². The highest BCUT2D eigenvalue weighted by atomic mass is 35.5. The van der Waals surface area contributed by atoms with E-state index in [-0.39, 0.29) is 29.0 Å². The van der Waals surface area contributed by atoms with Gasteiger partial charge in [0.2, 0.25) is 5.03 Å². The van der Waals surface area contributed by atoms with Crippen LogP contribution in [0.5, 0.6) is 0 Å². The third-order valence-electron chi connectivity index (χ3n) is 5.29. The number of amides is 1. The Morgan fingerprint density at radius 2 is 1.78 bits per heavy atom. The molecule has 2 aromatic heterocycles. The van der Waals surface area contributed by atoms with Gasteiger partial charge >= 0.3 is 6.18 Å². The summed E-state index contributed by atoms with van der Waals surface area (Å²) in [6.07, 6.45) is -2.63. The summed E-state index contributed by atoms with van der Waals surface area (Å²) < 4.78 is 65.3. The quantitative estimate of drug-likeness (QED) is 0.375. The summed E-state index contributed by atoms with van der Waals surface area (Å²) in [4.78, 5) is 17.2. The number of carbonyl (C=O) groups excluding carboxylic acids is 1. The highest BCUT2D eigenvalue weighted by Crippen LogP contribution is 2.38. The highest BCUT2D eigenvalue weighted by molar-refractivity contribution is 7.89. The molecule has 8 nitrogen and oxygen atoms in total. The van der Waals surface area contributed by atoms with Crippen molar-refractivity contribution in [1.82, 2.24) is 19.9 Å². The van der Waals surface area contributed by atoms with Crippen molar-refractivity contribution in [2.45, 2.75) is 24.5 Å². The molecule has 0 bridgehead atoms. The topological polar surface area (TPSA) is 119 Å². The Labute approximate surface area is 209 Å². The van der Waals surface area contributed by atoms with Crippen LogP contribution in [0.2, 0.25) is 5.02 Å². The second-order valence-electron chi connectivity index (χ2n) is 7.79. The van der Waals surface area contributed by atoms with E-state index in [1.54, 1.807) is 24.3 Å². The average molecular weight is 538 g/mol. The van der Waals surface area contributed by atoms with E-state index in [0.717, 1.165) is 16.6 Å². The maximum Gasteiger partial charge on any atom is 0.416 e. The SMILES string of the molecule is CCCNC(=O)c1c(S(N)(=O)=O)nn2c(-c3ccc(C(F)(F)F)cc3)c(-c3ccccc3Cl)cnc12. The third-order valence-corrected chi connectivity index (χ3v) is 6.45. The lowest BCUT2D eigenvalue weighted by Gasteiger charge is -2.14. The maximum absolute atomic E-state index is 13.2. The van der Waals surface area contributed by atoms with Gasteiger partial charge in [-0.1, -0.05) is 48.9 Å². The van der Waals surface area contributed by atoms with Crippen molar-refractivity contribution >= 4 is 33.2 Å². The first-order chi connectivity index (χ1) is 16.9. The molecular weight excluding hydrogens is 519 g/mol. The van der Waals surface area contributed by atoms with Gasteiger partial charge in [-0.3, -0.25) is 4.79 Å². The van der Waals surface area contributed by atoms with Crippen LogP contribution in [-0.4, -0.2) is 35.5 Å². The van der Waals surface area contributed by atoms with Gasteiger partial charge in [-0.05, 0) is 24.6 Å². The van der Waals surface area contributed by atoms with Crippen LogP contribution in [0, 0.1) is 0 Å². The van der Waals surface area contributed by atoms with Gasteiger partial charge in [0.15, 0.2) is 5.65 Å². The predicted octanol–water partition coefficient (Wildman–Crippen LogP) is 4.52. The van der Waals surface area contributed by atoms with E-state index in [2.05, 4.69) is 15.4 Å². The van der Waals surface area contributed by atoms with E-state index in [1.165, 1.54) is 18.3 Å². The monoisotopic (exact) mass is 537 g/mol. The van der Waals surface area contributed by atoms with E-state index >= 15 is 0 Å². The summed E-state index contributed by atoms with van der Waals surface area (Å²) in [5, 5.41) is 11.6. The molecule has 0 aliphatic rings. The lowest BCUT2D eigenvalue weighted by molar-refractivity contribution is -0.137. The standard InChI is InChI=1S/C23H19ClF3N5O3S/c1-2-11-29-21(33)18-20-30-12-16(15-5-3-4-6-17(15)24)19(32(20)31-22(18)36(28,34)35)13-7-9-14(10-8-13)23(25,26)27/h3-10,12H,2,11H2,1H3,(H,29,33)(H2,28,34,35). The molecule has 36 heavy (non-hydrogen) atoms. The summed E-state index contributed by atoms with van der Waals surface area (Å²) in [6.45, 7) is 2.07. The number of nitrogens with zero attached hydrogens (tertiary/aromatic N) is 3. The molecule has 2 heterocycles. The number of hydrogen-bond donors (Lipinski definition) is 2. The number of nitrogens with one attached hydrogen (secondary N) is 1. The number of carbonyl (C=O) groups is 1. The number of aromatic nitrogens is 3. The summed E-state index contributed by atoms with van der Waals surface area (Å²) in [5.41, 5.74) is -0.162. The van der Waals surface area contributed by atoms with Gasteiger partial charge in [-0.25, -0.2) is 23.1 Å². The smallest absolute Gasteiger partial charge is 0.352 e. The Kier molecular flexibility index (Phi) is 6.78. The molecule has 0 saturated carbocycles. The predicted molar refractivity (Wildman–Crippen MR) is 128 cm³/mol. The minimum absolute atomic E-state index is 0.140. The number of halogens is 4. The van der Waals surface area contributed by atoms with Gasteiger partial charge in [0.1, 0.15) is 5.56 Å². The molecule has 0 fully saturated rings. The summed E-state index contributed by atoms with van der Waals surface area (Å²) >= 11 is 6.38. The number of fused-ring (bicyclic) bond motifs is 1. The van der Waals surface area contributed by atoms with Gasteiger partial charge in [-0.15, -0.1) is 0 Å². The van der Waals surface area contributed by atoms with E-state index in [9.17, 15) is 26.4 Å². The molecule has 0 unspecified atom stereocenters. The largest absolute Gasteiger partial charge is 0.416 e. The van der Waals surface area contributed by atoms with Crippen LogP contribution in [0.4, 0.5) is 13.2 Å². The summed E-state index contributed by atoms with van der Waals surface area (Å²) in [7, 11) is -4.48. The number of alkyl halides is 3. The Bertz CT molecular complexity index is 1570. The molecule has 188 valence electrons. The maximum atomic E-state index is 13.2. The van der Waals surface area contributed by atoms with E-state index < -0.39 is 32.7 Å². The number of primary sulfonamides is 1. The molecule has 0 aliphatic heterocycles. The molecule has 0 radical (unpaired) electrons. The molecule has 0 atom stereocenters. The number of rotatable bonds is 6. The molecule has 1 amide bonds. The molecule has 0 aliphatic carbocycles. The van der Waals surface area contributed by atoms with Crippen LogP contribution in [0.25, 0.3) is 28.0 Å². The Balaban J connectivity index is 2.09. The van der Waals surface area contributed by atoms with Crippen LogP contribution >= 0.6 is 11.6 Å². The summed E-state index contributed by atoms with van der Waals surface area (Å²) in [5.74, 6) is -0.757. The highest BCUT2D eigenvalue weighted by Gasteiger charge is 2.32. The molecule has 4 rings (SSSR count). The van der Waals surface area contributed by atoms with Crippen molar-refractivity contribution in [3.8, 4) is 22.4 Å². The second kappa shape index (κ2) is 9.52. The van der Waals surface area contributed by atoms with Crippen LogP contribution < -0.4 is 10.5 Å². The molecule has 0 spiro atoms. The van der Waals surface area contributed by atoms with Crippen LogP contribution in [0.1, 0.15) is 29.3 Å². The van der Waals surface area contributed by atoms with E-state index in [1.807, 2.05) is 6.92 Å². The zero-order valence-corrected chi connectivity index (χ0v) is 20.2. The van der Waals surface area contributed by atoms with E-state index in [0.29, 0.717) is 22.6 Å². The second-order valence-corrected chi connectivity index (χ2v) is 9.68. The fourth-order valence-electron chi connectivity index (χ4n) is 3.66. The molecule has 13 heteroatoms. The molecule has 4 aromatic rings. The lowest BCUT2D eigenvalue weighted by atomic mass is 9.99. The van der Waals surface area contributed by atoms with Gasteiger partial charge < -0.3 is 5.32 Å². The van der Waals surface area contributed by atoms with Gasteiger partial charge in [-0.2, -0.15) is 18.3 Å². The first kappa shape index (κ1) is 25.6. The van der Waals surface area contributed by atoms with Crippen molar-refractivity contribution in [3.05, 3.63) is 70.9 Å². The number of hydrogen-bond acceptors (Lipinski definition) is 5. The van der Waals surface area contributed by atoms with Gasteiger partial charge in [0.25, 0.3) is 15.9 Å². The number of benzene rings is 2. The number of sulfonamides is 1. The first-order valence-corrected chi connectivity index (χ1v) is 12.5. The minimum atomic E-state index is -4.56. The van der Waals surface area contributed by atoms with Crippen molar-refractivity contribution < 1.29 is 26.4 Å². The first-order valence-electron chi connectivity index (χ1n) is 10.6. The van der Waals surface area contributed by atoms with Crippen molar-refractivity contribution in [2.24, 2.45) is 5.14 Å². The average Bonchev–Trinajstić information content (AvgIpc) is 3.22. The molecule has 2 aromatic carbocycles. The van der Waals surface area contributed by atoms with Gasteiger partial charge in [0, 0.05) is 34.5 Å². The van der Waals surface area contributed by atoms with Crippen LogP contribution in [0.3, 0.4) is 0 Å². The Morgan fingerprint density at radius 1 is 1.11 bits per heavy atom. The zero-order valence-electron chi connectivity index (χ0n) is 18.7. The molecular formula is C23H19ClF3N5O3S. The Morgan fingerprint density at radius 3 is 2.36 bits per heavy atom. The van der Waals surface area contributed by atoms with Crippen LogP contribution in [-0.2, 0) is 16.2 Å². The Hall–Kier alpha value is -3.48. The van der Waals surface area contributed by atoms with Crippen molar-refractivity contribution in [2.75, 3.05) is 6.54 Å². The van der Waals surface area contributed by atoms with Crippen molar-refractivity contribution in [3.63, 3.8) is 0 Å². The normalized spacial score (nSPS) is 12.2.